The molecule has 0 radical (unpaired) electrons. The first-order chi connectivity index (χ1) is 19.9. The summed E-state index contributed by atoms with van der Waals surface area (Å²) < 4.78 is 13.4. The third kappa shape index (κ3) is 5.09. The van der Waals surface area contributed by atoms with Crippen LogP contribution in [-0.4, -0.2) is 39.1 Å². The van der Waals surface area contributed by atoms with E-state index in [0.29, 0.717) is 35.9 Å². The molecule has 8 heteroatoms. The molecule has 0 saturated heterocycles. The minimum atomic E-state index is -0.665. The van der Waals surface area contributed by atoms with Gasteiger partial charge in [-0.1, -0.05) is 54.1 Å². The van der Waals surface area contributed by atoms with Gasteiger partial charge in [0.1, 0.15) is 17.5 Å². The van der Waals surface area contributed by atoms with Crippen molar-refractivity contribution in [1.82, 2.24) is 14.8 Å². The maximum atomic E-state index is 13.1. The smallest absolute Gasteiger partial charge is 0.355 e. The van der Waals surface area contributed by atoms with E-state index in [0.717, 1.165) is 62.7 Å². The molecule has 2 aromatic heterocycles. The minimum Gasteiger partial charge on any atom is -0.493 e. The van der Waals surface area contributed by atoms with Crippen LogP contribution in [0.25, 0.3) is 32.8 Å². The van der Waals surface area contributed by atoms with Gasteiger partial charge >= 0.3 is 5.97 Å². The second-order valence-electron chi connectivity index (χ2n) is 10.7. The van der Waals surface area contributed by atoms with Crippen molar-refractivity contribution in [2.75, 3.05) is 13.2 Å². The molecule has 2 N–H and O–H groups in total. The van der Waals surface area contributed by atoms with Crippen molar-refractivity contribution in [3.05, 3.63) is 82.3 Å². The molecule has 7 nitrogen and oxygen atoms in total. The van der Waals surface area contributed by atoms with Crippen molar-refractivity contribution in [2.45, 2.75) is 45.6 Å². The van der Waals surface area contributed by atoms with Gasteiger partial charge in [-0.3, -0.25) is 4.68 Å². The Balaban J connectivity index is 1.37. The van der Waals surface area contributed by atoms with Crippen LogP contribution in [0, 0.1) is 12.8 Å². The summed E-state index contributed by atoms with van der Waals surface area (Å²) in [7, 11) is 1.87. The lowest BCUT2D eigenvalue weighted by Gasteiger charge is -2.12. The van der Waals surface area contributed by atoms with Gasteiger partial charge in [-0.15, -0.1) is 0 Å². The molecule has 6 rings (SSSR count). The third-order valence-corrected chi connectivity index (χ3v) is 8.36. The molecule has 1 aliphatic rings. The van der Waals surface area contributed by atoms with E-state index in [1.54, 1.807) is 11.6 Å². The van der Waals surface area contributed by atoms with Gasteiger partial charge < -0.3 is 19.6 Å². The molecule has 2 heterocycles. The summed E-state index contributed by atoms with van der Waals surface area (Å²) in [6.45, 7) is 4.53. The first-order valence-corrected chi connectivity index (χ1v) is 14.6. The lowest BCUT2D eigenvalue weighted by molar-refractivity contribution is 0.0519. The van der Waals surface area contributed by atoms with E-state index >= 15 is 0 Å². The van der Waals surface area contributed by atoms with Crippen LogP contribution in [0.2, 0.25) is 5.02 Å². The molecule has 1 aliphatic carbocycles. The fraction of sp³-hybridized carbons (Fsp3) is 0.333. The monoisotopic (exact) mass is 571 g/mol. The Labute approximate surface area is 244 Å². The predicted octanol–water partition coefficient (Wildman–Crippen LogP) is 7.32. The number of esters is 1. The number of aryl methyl sites for hydroxylation is 2. The summed E-state index contributed by atoms with van der Waals surface area (Å²) >= 11 is 6.86. The molecule has 1 fully saturated rings. The summed E-state index contributed by atoms with van der Waals surface area (Å²) in [6, 6.07) is 18.0. The van der Waals surface area contributed by atoms with Crippen LogP contribution in [0.1, 0.15) is 59.7 Å². The Kier molecular flexibility index (Phi) is 7.49. The summed E-state index contributed by atoms with van der Waals surface area (Å²) in [6.07, 6.45) is 2.59. The van der Waals surface area contributed by atoms with E-state index in [4.69, 9.17) is 21.1 Å². The Morgan fingerprint density at radius 2 is 1.90 bits per heavy atom. The largest absolute Gasteiger partial charge is 0.493 e. The molecule has 0 bridgehead atoms. The maximum absolute atomic E-state index is 13.1. The number of rotatable bonds is 10. The van der Waals surface area contributed by atoms with Crippen LogP contribution in [0.5, 0.6) is 5.75 Å². The van der Waals surface area contributed by atoms with E-state index in [1.165, 1.54) is 0 Å². The van der Waals surface area contributed by atoms with Crippen LogP contribution in [0.4, 0.5) is 0 Å². The lowest BCUT2D eigenvalue weighted by Crippen LogP contribution is -2.09. The fourth-order valence-corrected chi connectivity index (χ4v) is 5.96. The molecule has 3 aromatic carbocycles. The fourth-order valence-electron chi connectivity index (χ4n) is 5.71. The molecule has 5 aromatic rings. The number of aliphatic hydroxyl groups excluding tert-OH is 1. The number of halogens is 1. The zero-order valence-electron chi connectivity index (χ0n) is 23.5. The van der Waals surface area contributed by atoms with Gasteiger partial charge in [-0.25, -0.2) is 4.79 Å². The molecule has 1 atom stereocenters. The van der Waals surface area contributed by atoms with Gasteiger partial charge in [0.05, 0.1) is 29.4 Å². The highest BCUT2D eigenvalue weighted by molar-refractivity contribution is 6.35. The third-order valence-electron chi connectivity index (χ3n) is 8.05. The number of benzene rings is 3. The number of aromatic amines is 1. The minimum absolute atomic E-state index is 0.206. The highest BCUT2D eigenvalue weighted by Gasteiger charge is 2.36. The van der Waals surface area contributed by atoms with Crippen LogP contribution in [0.15, 0.2) is 54.6 Å². The normalized spacial score (nSPS) is 14.1. The number of ether oxygens (including phenoxy) is 2. The Morgan fingerprint density at radius 3 is 2.68 bits per heavy atom. The molecule has 0 spiro atoms. The molecular weight excluding hydrogens is 538 g/mol. The topological polar surface area (TPSA) is 89.4 Å². The van der Waals surface area contributed by atoms with E-state index in [1.807, 2.05) is 50.4 Å². The van der Waals surface area contributed by atoms with Crippen molar-refractivity contribution < 1.29 is 19.4 Å². The summed E-state index contributed by atoms with van der Waals surface area (Å²) in [4.78, 5) is 16.5. The van der Waals surface area contributed by atoms with E-state index in [-0.39, 0.29) is 12.5 Å². The molecule has 212 valence electrons. The first-order valence-electron chi connectivity index (χ1n) is 14.2. The van der Waals surface area contributed by atoms with Crippen LogP contribution in [-0.2, 0) is 18.2 Å². The van der Waals surface area contributed by atoms with E-state index in [9.17, 15) is 9.90 Å². The number of nitrogens with zero attached hydrogens (tertiary/aromatic N) is 2. The zero-order valence-corrected chi connectivity index (χ0v) is 24.3. The van der Waals surface area contributed by atoms with Crippen molar-refractivity contribution in [1.29, 1.82) is 0 Å². The van der Waals surface area contributed by atoms with E-state index < -0.39 is 12.1 Å². The maximum Gasteiger partial charge on any atom is 0.355 e. The number of nitrogens with one attached hydrogen (secondary N) is 1. The number of fused-ring (bicyclic) bond motifs is 2. The average molecular weight is 572 g/mol. The number of H-pyrrole nitrogens is 1. The molecule has 41 heavy (non-hydrogen) atoms. The molecule has 0 amide bonds. The number of aliphatic hydroxyl groups is 1. The first kappa shape index (κ1) is 27.4. The zero-order chi connectivity index (χ0) is 28.7. The van der Waals surface area contributed by atoms with Gasteiger partial charge in [0.15, 0.2) is 0 Å². The van der Waals surface area contributed by atoms with Gasteiger partial charge in [-0.2, -0.15) is 5.10 Å². The molecule has 0 aliphatic heterocycles. The Hall–Kier alpha value is -3.81. The van der Waals surface area contributed by atoms with E-state index in [2.05, 4.69) is 28.3 Å². The Morgan fingerprint density at radius 1 is 1.12 bits per heavy atom. The average Bonchev–Trinajstić information content (AvgIpc) is 3.70. The number of carbonyl (C=O) groups is 1. The van der Waals surface area contributed by atoms with Crippen molar-refractivity contribution >= 4 is 39.2 Å². The van der Waals surface area contributed by atoms with Crippen molar-refractivity contribution in [3.63, 3.8) is 0 Å². The predicted molar refractivity (Wildman–Crippen MR) is 162 cm³/mol. The number of carbonyl (C=O) groups excluding carboxylic acids is 1. The molecule has 1 saturated carbocycles. The SMILES string of the molecule is CCOC(=O)c1[nH]c2c(-c3c([C@H](O)C4CC4)nn(C)c3C)c(Cl)ccc2c1CCCOc1cccc2ccccc12. The summed E-state index contributed by atoms with van der Waals surface area (Å²) in [5, 5.41) is 19.4. The van der Waals surface area contributed by atoms with Gasteiger partial charge in [0.25, 0.3) is 0 Å². The van der Waals surface area contributed by atoms with Gasteiger partial charge in [0.2, 0.25) is 0 Å². The van der Waals surface area contributed by atoms with Crippen LogP contribution in [0.3, 0.4) is 0 Å². The number of hydrogen-bond acceptors (Lipinski definition) is 5. The highest BCUT2D eigenvalue weighted by Crippen LogP contribution is 2.47. The van der Waals surface area contributed by atoms with Gasteiger partial charge in [-0.05, 0) is 68.5 Å². The summed E-state index contributed by atoms with van der Waals surface area (Å²) in [5.41, 5.74) is 5.10. The summed E-state index contributed by atoms with van der Waals surface area (Å²) in [5.74, 6) is 0.643. The molecular formula is C33H34ClN3O4. The Bertz CT molecular complexity index is 1750. The van der Waals surface area contributed by atoms with Gasteiger partial charge in [0, 0.05) is 34.6 Å². The second-order valence-corrected chi connectivity index (χ2v) is 11.1. The standard InChI is InChI=1S/C33H34ClN3O4/c1-4-40-33(39)30-23(12-8-18-41-26-13-7-10-20-9-5-6-11-22(20)26)24-16-17-25(34)28(29(24)35-30)27-19(2)37(3)36-31(27)32(38)21-14-15-21/h5-7,9-11,13,16-17,21,32,35,38H,4,8,12,14-15,18H2,1-3H3/t32-/m1/s1. The lowest BCUT2D eigenvalue weighted by atomic mass is 9.95. The number of aromatic nitrogens is 3. The quantitative estimate of drug-likeness (QED) is 0.135. The molecule has 0 unspecified atom stereocenters. The number of hydrogen-bond donors (Lipinski definition) is 2. The van der Waals surface area contributed by atoms with Crippen molar-refractivity contribution in [3.8, 4) is 16.9 Å². The van der Waals surface area contributed by atoms with Crippen LogP contribution < -0.4 is 4.74 Å². The highest BCUT2D eigenvalue weighted by atomic mass is 35.5. The van der Waals surface area contributed by atoms with Crippen molar-refractivity contribution in [2.24, 2.45) is 13.0 Å². The van der Waals surface area contributed by atoms with Crippen LogP contribution >= 0.6 is 11.6 Å². The second kappa shape index (κ2) is 11.2.